The Bertz CT molecular complexity index is 514. The number of nitrogens with zero attached hydrogens (tertiary/aromatic N) is 1. The van der Waals surface area contributed by atoms with E-state index in [1.807, 2.05) is 6.92 Å². The molecule has 2 fully saturated rings. The molecule has 0 radical (unpaired) electrons. The monoisotopic (exact) mass is 275 g/mol. The number of ketones is 1. The van der Waals surface area contributed by atoms with E-state index in [0.717, 1.165) is 57.2 Å². The van der Waals surface area contributed by atoms with Crippen molar-refractivity contribution >= 4 is 5.78 Å². The summed E-state index contributed by atoms with van der Waals surface area (Å²) in [6.07, 6.45) is 6.25. The number of Topliss-reactive ketones (excluding diaryl/α,β-unsaturated/α-hetero) is 1. The van der Waals surface area contributed by atoms with Gasteiger partial charge in [-0.05, 0) is 57.8 Å². The number of benzene rings is 1. The first-order valence-corrected chi connectivity index (χ1v) is 7.69. The minimum atomic E-state index is -0.425. The predicted octanol–water partition coefficient (Wildman–Crippen LogP) is 3.73. The van der Waals surface area contributed by atoms with Crippen LogP contribution >= 0.6 is 0 Å². The second kappa shape index (κ2) is 5.28. The average Bonchev–Trinajstić information content (AvgIpc) is 3.11. The molecule has 20 heavy (non-hydrogen) atoms. The second-order valence-corrected chi connectivity index (χ2v) is 6.25. The zero-order valence-corrected chi connectivity index (χ0v) is 12.1. The van der Waals surface area contributed by atoms with E-state index in [9.17, 15) is 9.18 Å². The lowest BCUT2D eigenvalue weighted by molar-refractivity contribution is 0.0622. The Balaban J connectivity index is 1.99. The second-order valence-electron chi connectivity index (χ2n) is 6.25. The van der Waals surface area contributed by atoms with Gasteiger partial charge in [-0.15, -0.1) is 0 Å². The number of hydrogen-bond donors (Lipinski definition) is 0. The summed E-state index contributed by atoms with van der Waals surface area (Å²) in [5.74, 6) is -0.357. The molecule has 1 aliphatic heterocycles. The SMILES string of the molecule is Cc1ccc(F)c(C(=O)C2(N3CCCC3)CCCC2)c1. The summed E-state index contributed by atoms with van der Waals surface area (Å²) in [6.45, 7) is 3.88. The van der Waals surface area contributed by atoms with Crippen molar-refractivity contribution in [3.8, 4) is 0 Å². The lowest BCUT2D eigenvalue weighted by Crippen LogP contribution is -2.51. The normalized spacial score (nSPS) is 22.3. The minimum absolute atomic E-state index is 0.0121. The molecular weight excluding hydrogens is 253 g/mol. The molecule has 1 aromatic carbocycles. The number of hydrogen-bond acceptors (Lipinski definition) is 2. The number of carbonyl (C=O) groups is 1. The first-order chi connectivity index (χ1) is 9.63. The molecule has 3 rings (SSSR count). The van der Waals surface area contributed by atoms with Gasteiger partial charge in [-0.25, -0.2) is 4.39 Å². The molecule has 1 aliphatic carbocycles. The van der Waals surface area contributed by atoms with Crippen molar-refractivity contribution in [2.24, 2.45) is 0 Å². The maximum absolute atomic E-state index is 14.1. The minimum Gasteiger partial charge on any atom is -0.292 e. The standard InChI is InChI=1S/C17H22FNO/c1-13-6-7-15(18)14(12-13)16(20)17(8-2-3-9-17)19-10-4-5-11-19/h6-7,12H,2-5,8-11H2,1H3. The molecule has 1 saturated heterocycles. The van der Waals surface area contributed by atoms with Gasteiger partial charge in [-0.3, -0.25) is 9.69 Å². The van der Waals surface area contributed by atoms with Crippen LogP contribution in [0.3, 0.4) is 0 Å². The lowest BCUT2D eigenvalue weighted by Gasteiger charge is -2.37. The molecule has 0 aromatic heterocycles. The van der Waals surface area contributed by atoms with E-state index in [1.165, 1.54) is 6.07 Å². The molecule has 108 valence electrons. The zero-order valence-electron chi connectivity index (χ0n) is 12.1. The van der Waals surface area contributed by atoms with Gasteiger partial charge in [0.25, 0.3) is 0 Å². The highest BCUT2D eigenvalue weighted by Crippen LogP contribution is 2.40. The number of likely N-dealkylation sites (tertiary alicyclic amines) is 1. The molecule has 0 N–H and O–H groups in total. The van der Waals surface area contributed by atoms with Gasteiger partial charge in [0, 0.05) is 0 Å². The Morgan fingerprint density at radius 1 is 1.15 bits per heavy atom. The van der Waals surface area contributed by atoms with Gasteiger partial charge in [0.2, 0.25) is 0 Å². The highest BCUT2D eigenvalue weighted by Gasteiger charge is 2.47. The molecule has 3 heteroatoms. The Labute approximate surface area is 120 Å². The average molecular weight is 275 g/mol. The highest BCUT2D eigenvalue weighted by molar-refractivity contribution is 6.03. The van der Waals surface area contributed by atoms with Crippen LogP contribution in [0, 0.1) is 12.7 Å². The van der Waals surface area contributed by atoms with E-state index in [0.29, 0.717) is 5.56 Å². The molecule has 0 atom stereocenters. The highest BCUT2D eigenvalue weighted by atomic mass is 19.1. The lowest BCUT2D eigenvalue weighted by atomic mass is 9.85. The molecule has 0 amide bonds. The van der Waals surface area contributed by atoms with Crippen LogP contribution in [-0.4, -0.2) is 29.3 Å². The van der Waals surface area contributed by atoms with Crippen molar-refractivity contribution in [1.29, 1.82) is 0 Å². The van der Waals surface area contributed by atoms with Gasteiger partial charge in [0.05, 0.1) is 11.1 Å². The van der Waals surface area contributed by atoms with Gasteiger partial charge in [-0.1, -0.05) is 24.5 Å². The van der Waals surface area contributed by atoms with Crippen molar-refractivity contribution in [2.45, 2.75) is 51.0 Å². The number of carbonyl (C=O) groups excluding carboxylic acids is 1. The van der Waals surface area contributed by atoms with E-state index >= 15 is 0 Å². The van der Waals surface area contributed by atoms with Gasteiger partial charge in [0.15, 0.2) is 5.78 Å². The third-order valence-electron chi connectivity index (χ3n) is 4.93. The first-order valence-electron chi connectivity index (χ1n) is 7.69. The van der Waals surface area contributed by atoms with Crippen LogP contribution in [0.15, 0.2) is 18.2 Å². The van der Waals surface area contributed by atoms with E-state index < -0.39 is 5.54 Å². The van der Waals surface area contributed by atoms with E-state index in [4.69, 9.17) is 0 Å². The molecule has 0 unspecified atom stereocenters. The quantitative estimate of drug-likeness (QED) is 0.783. The van der Waals surface area contributed by atoms with Crippen molar-refractivity contribution in [3.63, 3.8) is 0 Å². The van der Waals surface area contributed by atoms with Crippen LogP contribution < -0.4 is 0 Å². The summed E-state index contributed by atoms with van der Waals surface area (Å²) in [5, 5.41) is 0. The van der Waals surface area contributed by atoms with Crippen LogP contribution in [0.2, 0.25) is 0 Å². The van der Waals surface area contributed by atoms with Crippen molar-refractivity contribution in [3.05, 3.63) is 35.1 Å². The van der Waals surface area contributed by atoms with Gasteiger partial charge in [0.1, 0.15) is 5.82 Å². The summed E-state index contributed by atoms with van der Waals surface area (Å²) in [5.41, 5.74) is 0.814. The molecule has 1 heterocycles. The van der Waals surface area contributed by atoms with E-state index in [-0.39, 0.29) is 11.6 Å². The Morgan fingerprint density at radius 3 is 2.45 bits per heavy atom. The predicted molar refractivity (Wildman–Crippen MR) is 77.5 cm³/mol. The summed E-state index contributed by atoms with van der Waals surface area (Å²) >= 11 is 0. The molecule has 2 nitrogen and oxygen atoms in total. The zero-order chi connectivity index (χ0) is 14.2. The smallest absolute Gasteiger partial charge is 0.186 e. The number of halogens is 1. The third kappa shape index (κ3) is 2.18. The fourth-order valence-electron chi connectivity index (χ4n) is 3.86. The fraction of sp³-hybridized carbons (Fsp3) is 0.588. The van der Waals surface area contributed by atoms with Crippen molar-refractivity contribution in [1.82, 2.24) is 4.90 Å². The van der Waals surface area contributed by atoms with Crippen LogP contribution in [0.25, 0.3) is 0 Å². The summed E-state index contributed by atoms with van der Waals surface area (Å²) < 4.78 is 14.1. The summed E-state index contributed by atoms with van der Waals surface area (Å²) in [7, 11) is 0. The molecule has 0 spiro atoms. The molecular formula is C17H22FNO. The van der Waals surface area contributed by atoms with Crippen molar-refractivity contribution in [2.75, 3.05) is 13.1 Å². The first kappa shape index (κ1) is 13.7. The molecule has 2 aliphatic rings. The maximum atomic E-state index is 14.1. The van der Waals surface area contributed by atoms with Gasteiger partial charge >= 0.3 is 0 Å². The Kier molecular flexibility index (Phi) is 3.63. The molecule has 1 saturated carbocycles. The largest absolute Gasteiger partial charge is 0.292 e. The number of aryl methyl sites for hydroxylation is 1. The number of rotatable bonds is 3. The summed E-state index contributed by atoms with van der Waals surface area (Å²) in [4.78, 5) is 15.4. The van der Waals surface area contributed by atoms with Gasteiger partial charge in [-0.2, -0.15) is 0 Å². The molecule has 0 bridgehead atoms. The van der Waals surface area contributed by atoms with Gasteiger partial charge < -0.3 is 0 Å². The van der Waals surface area contributed by atoms with Crippen LogP contribution in [-0.2, 0) is 0 Å². The van der Waals surface area contributed by atoms with Crippen molar-refractivity contribution < 1.29 is 9.18 Å². The Hall–Kier alpha value is -1.22. The van der Waals surface area contributed by atoms with Crippen LogP contribution in [0.5, 0.6) is 0 Å². The Morgan fingerprint density at radius 2 is 1.80 bits per heavy atom. The maximum Gasteiger partial charge on any atom is 0.186 e. The van der Waals surface area contributed by atoms with E-state index in [1.54, 1.807) is 12.1 Å². The topological polar surface area (TPSA) is 20.3 Å². The molecule has 1 aromatic rings. The van der Waals surface area contributed by atoms with Crippen LogP contribution in [0.4, 0.5) is 4.39 Å². The van der Waals surface area contributed by atoms with Crippen LogP contribution in [0.1, 0.15) is 54.4 Å². The third-order valence-corrected chi connectivity index (χ3v) is 4.93. The fourth-order valence-corrected chi connectivity index (χ4v) is 3.86. The van der Waals surface area contributed by atoms with E-state index in [2.05, 4.69) is 4.90 Å². The summed E-state index contributed by atoms with van der Waals surface area (Å²) in [6, 6.07) is 4.87.